The molecular weight excluding hydrogens is 268 g/mol. The summed E-state index contributed by atoms with van der Waals surface area (Å²) in [7, 11) is 0. The van der Waals surface area contributed by atoms with Gasteiger partial charge in [0.15, 0.2) is 5.78 Å². The molecule has 1 heteroatoms. The van der Waals surface area contributed by atoms with Crippen LogP contribution in [0.25, 0.3) is 5.57 Å². The van der Waals surface area contributed by atoms with E-state index in [2.05, 4.69) is 37.8 Å². The van der Waals surface area contributed by atoms with E-state index in [0.717, 1.165) is 54.4 Å². The van der Waals surface area contributed by atoms with E-state index in [1.807, 2.05) is 24.3 Å². The highest BCUT2D eigenvalue weighted by Crippen LogP contribution is 2.25. The molecule has 0 N–H and O–H groups in total. The van der Waals surface area contributed by atoms with E-state index in [1.165, 1.54) is 0 Å². The Morgan fingerprint density at radius 2 is 2.00 bits per heavy atom. The number of Topliss-reactive ketones (excluding diaryl/α,β-unsaturated/α-hetero) is 1. The van der Waals surface area contributed by atoms with Crippen LogP contribution < -0.4 is 0 Å². The van der Waals surface area contributed by atoms with Crippen LogP contribution in [0.1, 0.15) is 57.9 Å². The Morgan fingerprint density at radius 1 is 1.23 bits per heavy atom. The molecule has 0 amide bonds. The van der Waals surface area contributed by atoms with Crippen LogP contribution in [0.3, 0.4) is 0 Å². The fourth-order valence-electron chi connectivity index (χ4n) is 2.64. The summed E-state index contributed by atoms with van der Waals surface area (Å²) in [4.78, 5) is 11.8. The van der Waals surface area contributed by atoms with Crippen LogP contribution >= 0.6 is 0 Å². The Morgan fingerprint density at radius 3 is 2.64 bits per heavy atom. The van der Waals surface area contributed by atoms with Crippen LogP contribution in [0.4, 0.5) is 0 Å². The fraction of sp³-hybridized carbons (Fsp3) is 0.381. The molecular formula is C21H24O. The highest BCUT2D eigenvalue weighted by atomic mass is 16.1. The van der Waals surface area contributed by atoms with E-state index in [9.17, 15) is 4.79 Å². The molecule has 0 aromatic heterocycles. The summed E-state index contributed by atoms with van der Waals surface area (Å²) in [6.45, 7) is 4.24. The molecule has 0 saturated heterocycles. The molecule has 1 aromatic carbocycles. The highest BCUT2D eigenvalue weighted by molar-refractivity contribution is 5.98. The van der Waals surface area contributed by atoms with Crippen LogP contribution in [0.15, 0.2) is 47.6 Å². The molecule has 0 bridgehead atoms. The number of unbranched alkanes of at least 4 members (excludes halogenated alkanes) is 2. The Hall–Kier alpha value is -2.07. The molecule has 1 aromatic rings. The average molecular weight is 292 g/mol. The normalized spacial score (nSPS) is 17.2. The minimum absolute atomic E-state index is 0.297. The summed E-state index contributed by atoms with van der Waals surface area (Å²) in [5, 5.41) is 0. The van der Waals surface area contributed by atoms with Crippen molar-refractivity contribution in [3.63, 3.8) is 0 Å². The van der Waals surface area contributed by atoms with Crippen LogP contribution in [0, 0.1) is 11.8 Å². The highest BCUT2D eigenvalue weighted by Gasteiger charge is 2.17. The van der Waals surface area contributed by atoms with Crippen LogP contribution in [0.2, 0.25) is 0 Å². The van der Waals surface area contributed by atoms with Crippen LogP contribution in [0.5, 0.6) is 0 Å². The van der Waals surface area contributed by atoms with Gasteiger partial charge in [0.1, 0.15) is 0 Å². The van der Waals surface area contributed by atoms with E-state index >= 15 is 0 Å². The zero-order chi connectivity index (χ0) is 15.8. The molecule has 22 heavy (non-hydrogen) atoms. The van der Waals surface area contributed by atoms with Crippen molar-refractivity contribution in [2.75, 3.05) is 0 Å². The first kappa shape index (κ1) is 16.3. The quantitative estimate of drug-likeness (QED) is 0.416. The Labute approximate surface area is 134 Å². The van der Waals surface area contributed by atoms with E-state index < -0.39 is 0 Å². The molecule has 1 aliphatic rings. The lowest BCUT2D eigenvalue weighted by atomic mass is 9.98. The standard InChI is InChI=1S/C21H24O/c1-3-4-5-9-14-20(18-11-7-6-8-12-18)17(2)16-19-13-10-15-21(19)22/h6-8,11-12,16H,3-5,10,13,15H2,1-2H3/b19-16-,20-17-. The van der Waals surface area contributed by atoms with Gasteiger partial charge in [0.25, 0.3) is 0 Å². The molecule has 0 spiro atoms. The maximum atomic E-state index is 11.8. The molecule has 2 rings (SSSR count). The van der Waals surface area contributed by atoms with Crippen LogP contribution in [-0.2, 0) is 4.79 Å². The van der Waals surface area contributed by atoms with Gasteiger partial charge in [-0.25, -0.2) is 0 Å². The van der Waals surface area contributed by atoms with Gasteiger partial charge >= 0.3 is 0 Å². The summed E-state index contributed by atoms with van der Waals surface area (Å²) in [5.41, 5.74) is 4.23. The van der Waals surface area contributed by atoms with Crippen molar-refractivity contribution in [3.05, 3.63) is 53.1 Å². The van der Waals surface area contributed by atoms with Crippen molar-refractivity contribution < 1.29 is 4.79 Å². The van der Waals surface area contributed by atoms with Crippen molar-refractivity contribution in [2.24, 2.45) is 0 Å². The maximum absolute atomic E-state index is 11.8. The van der Waals surface area contributed by atoms with Gasteiger partial charge in [0.2, 0.25) is 0 Å². The second kappa shape index (κ2) is 8.39. The first-order valence-corrected chi connectivity index (χ1v) is 8.21. The summed E-state index contributed by atoms with van der Waals surface area (Å²) in [6, 6.07) is 10.2. The number of hydrogen-bond acceptors (Lipinski definition) is 1. The zero-order valence-corrected chi connectivity index (χ0v) is 13.6. The second-order valence-corrected chi connectivity index (χ2v) is 5.78. The average Bonchev–Trinajstić information content (AvgIpc) is 2.93. The molecule has 1 fully saturated rings. The van der Waals surface area contributed by atoms with E-state index in [-0.39, 0.29) is 0 Å². The molecule has 1 saturated carbocycles. The molecule has 0 aliphatic heterocycles. The van der Waals surface area contributed by atoms with Crippen molar-refractivity contribution >= 4 is 11.4 Å². The number of carbonyl (C=O) groups excluding carboxylic acids is 1. The third-order valence-corrected chi connectivity index (χ3v) is 3.92. The number of hydrogen-bond donors (Lipinski definition) is 0. The van der Waals surface area contributed by atoms with Gasteiger partial charge in [0.05, 0.1) is 0 Å². The number of ketones is 1. The molecule has 114 valence electrons. The van der Waals surface area contributed by atoms with Gasteiger partial charge in [0, 0.05) is 18.4 Å². The van der Waals surface area contributed by atoms with Crippen molar-refractivity contribution in [1.82, 2.24) is 0 Å². The molecule has 1 nitrogen and oxygen atoms in total. The summed E-state index contributed by atoms with van der Waals surface area (Å²) in [6.07, 6.45) is 7.86. The Bertz CT molecular complexity index is 635. The van der Waals surface area contributed by atoms with Gasteiger partial charge in [-0.05, 0) is 42.9 Å². The van der Waals surface area contributed by atoms with Crippen molar-refractivity contribution in [3.8, 4) is 11.8 Å². The molecule has 0 radical (unpaired) electrons. The lowest BCUT2D eigenvalue weighted by molar-refractivity contribution is -0.114. The first-order chi connectivity index (χ1) is 10.7. The maximum Gasteiger partial charge on any atom is 0.158 e. The summed E-state index contributed by atoms with van der Waals surface area (Å²) < 4.78 is 0. The third-order valence-electron chi connectivity index (χ3n) is 3.92. The Balaban J connectivity index is 2.35. The SMILES string of the molecule is CCCCC#C/C(=C(C)/C=C1/CCCC1=O)c1ccccc1. The lowest BCUT2D eigenvalue weighted by Crippen LogP contribution is -1.93. The van der Waals surface area contributed by atoms with Gasteiger partial charge in [-0.2, -0.15) is 0 Å². The smallest absolute Gasteiger partial charge is 0.158 e. The monoisotopic (exact) mass is 292 g/mol. The summed E-state index contributed by atoms with van der Waals surface area (Å²) >= 11 is 0. The topological polar surface area (TPSA) is 17.1 Å². The number of allylic oxidation sites excluding steroid dienone is 4. The largest absolute Gasteiger partial charge is 0.295 e. The van der Waals surface area contributed by atoms with Crippen molar-refractivity contribution in [2.45, 2.75) is 52.4 Å². The number of benzene rings is 1. The van der Waals surface area contributed by atoms with Gasteiger partial charge in [-0.1, -0.05) is 61.6 Å². The fourth-order valence-corrected chi connectivity index (χ4v) is 2.64. The minimum atomic E-state index is 0.297. The predicted molar refractivity (Wildman–Crippen MR) is 93.3 cm³/mol. The Kier molecular flexibility index (Phi) is 6.22. The van der Waals surface area contributed by atoms with E-state index in [0.29, 0.717) is 12.2 Å². The molecule has 1 aliphatic carbocycles. The minimum Gasteiger partial charge on any atom is -0.295 e. The first-order valence-electron chi connectivity index (χ1n) is 8.21. The zero-order valence-electron chi connectivity index (χ0n) is 13.6. The third kappa shape index (κ3) is 4.46. The molecule has 0 atom stereocenters. The van der Waals surface area contributed by atoms with Gasteiger partial charge in [-0.15, -0.1) is 0 Å². The van der Waals surface area contributed by atoms with Gasteiger partial charge in [-0.3, -0.25) is 4.79 Å². The number of rotatable bonds is 4. The number of carbonyl (C=O) groups is 1. The second-order valence-electron chi connectivity index (χ2n) is 5.78. The van der Waals surface area contributed by atoms with Gasteiger partial charge < -0.3 is 0 Å². The molecule has 0 heterocycles. The van der Waals surface area contributed by atoms with Crippen molar-refractivity contribution in [1.29, 1.82) is 0 Å². The predicted octanol–water partition coefficient (Wildman–Crippen LogP) is 5.33. The molecule has 0 unspecified atom stereocenters. The van der Waals surface area contributed by atoms with E-state index in [4.69, 9.17) is 0 Å². The lowest BCUT2D eigenvalue weighted by Gasteiger charge is -2.05. The summed E-state index contributed by atoms with van der Waals surface area (Å²) in [5.74, 6) is 6.91. The van der Waals surface area contributed by atoms with E-state index in [1.54, 1.807) is 0 Å². The van der Waals surface area contributed by atoms with Crippen LogP contribution in [-0.4, -0.2) is 5.78 Å².